The van der Waals surface area contributed by atoms with E-state index in [0.717, 1.165) is 5.56 Å². The summed E-state index contributed by atoms with van der Waals surface area (Å²) in [6.07, 6.45) is 0. The first-order chi connectivity index (χ1) is 8.06. The summed E-state index contributed by atoms with van der Waals surface area (Å²) < 4.78 is 18.8. The topological polar surface area (TPSA) is 48.1 Å². The number of rotatable bonds is 2. The largest absolute Gasteiger partial charge is 0.434 e. The molecule has 0 saturated carbocycles. The van der Waals surface area contributed by atoms with E-state index < -0.39 is 5.82 Å². The van der Waals surface area contributed by atoms with Gasteiger partial charge in [-0.2, -0.15) is 4.98 Å². The number of halogens is 2. The molecule has 17 heavy (non-hydrogen) atoms. The molecule has 1 aromatic heterocycles. The second-order valence-corrected chi connectivity index (χ2v) is 3.95. The zero-order chi connectivity index (χ0) is 12.4. The Morgan fingerprint density at radius 3 is 2.82 bits per heavy atom. The van der Waals surface area contributed by atoms with E-state index in [1.165, 1.54) is 12.1 Å². The summed E-state index contributed by atoms with van der Waals surface area (Å²) in [5.74, 6) is -0.301. The van der Waals surface area contributed by atoms with E-state index in [2.05, 4.69) is 4.98 Å². The highest BCUT2D eigenvalue weighted by atomic mass is 35.5. The van der Waals surface area contributed by atoms with Crippen molar-refractivity contribution >= 4 is 17.3 Å². The van der Waals surface area contributed by atoms with Gasteiger partial charge in [-0.25, -0.2) is 4.39 Å². The Morgan fingerprint density at radius 1 is 1.29 bits per heavy atom. The van der Waals surface area contributed by atoms with Gasteiger partial charge in [0.1, 0.15) is 5.15 Å². The monoisotopic (exact) mass is 252 g/mol. The highest BCUT2D eigenvalue weighted by Crippen LogP contribution is 2.29. The molecule has 0 atom stereocenters. The average molecular weight is 253 g/mol. The zero-order valence-corrected chi connectivity index (χ0v) is 9.83. The van der Waals surface area contributed by atoms with Crippen LogP contribution < -0.4 is 10.5 Å². The van der Waals surface area contributed by atoms with Crippen molar-refractivity contribution in [2.75, 3.05) is 5.73 Å². The maximum Gasteiger partial charge on any atom is 0.244 e. The molecule has 0 aliphatic rings. The third-order valence-corrected chi connectivity index (χ3v) is 2.36. The highest BCUT2D eigenvalue weighted by molar-refractivity contribution is 6.29. The first kappa shape index (κ1) is 11.7. The molecule has 2 aromatic rings. The van der Waals surface area contributed by atoms with Crippen LogP contribution in [0, 0.1) is 12.7 Å². The number of nitrogens with zero attached hydrogens (tertiary/aromatic N) is 1. The molecule has 1 heterocycles. The maximum atomic E-state index is 13.5. The summed E-state index contributed by atoms with van der Waals surface area (Å²) in [4.78, 5) is 3.89. The summed E-state index contributed by atoms with van der Waals surface area (Å²) >= 11 is 5.71. The molecule has 2 rings (SSSR count). The van der Waals surface area contributed by atoms with E-state index in [9.17, 15) is 4.39 Å². The number of hydrogen-bond acceptors (Lipinski definition) is 3. The van der Waals surface area contributed by atoms with Gasteiger partial charge in [-0.3, -0.25) is 0 Å². The van der Waals surface area contributed by atoms with Crippen molar-refractivity contribution in [2.45, 2.75) is 6.92 Å². The molecule has 0 unspecified atom stereocenters. The smallest absolute Gasteiger partial charge is 0.244 e. The van der Waals surface area contributed by atoms with Gasteiger partial charge in [-0.05, 0) is 36.8 Å². The molecule has 88 valence electrons. The third-order valence-electron chi connectivity index (χ3n) is 2.15. The Hall–Kier alpha value is -1.81. The first-order valence-electron chi connectivity index (χ1n) is 4.92. The molecule has 0 aliphatic carbocycles. The molecule has 0 saturated heterocycles. The normalized spacial score (nSPS) is 10.3. The summed E-state index contributed by atoms with van der Waals surface area (Å²) in [6.45, 7) is 1.83. The average Bonchev–Trinajstić information content (AvgIpc) is 2.28. The number of nitrogen functional groups attached to an aromatic ring is 1. The van der Waals surface area contributed by atoms with Crippen molar-refractivity contribution in [3.05, 3.63) is 46.9 Å². The fourth-order valence-corrected chi connectivity index (χ4v) is 1.44. The molecule has 3 nitrogen and oxygen atoms in total. The Kier molecular flexibility index (Phi) is 3.15. The van der Waals surface area contributed by atoms with Crippen LogP contribution in [0.4, 0.5) is 10.1 Å². The number of aromatic nitrogens is 1. The predicted molar refractivity (Wildman–Crippen MR) is 64.9 cm³/mol. The summed E-state index contributed by atoms with van der Waals surface area (Å²) in [7, 11) is 0. The number of aryl methyl sites for hydroxylation is 1. The maximum absolute atomic E-state index is 13.5. The van der Waals surface area contributed by atoms with Gasteiger partial charge in [0.2, 0.25) is 5.88 Å². The van der Waals surface area contributed by atoms with Crippen molar-refractivity contribution in [1.82, 2.24) is 4.98 Å². The standard InChI is InChI=1S/C12H10ClFN2O/c1-7-2-3-8(14)10(6-7)17-12-9(15)4-5-11(13)16-12/h2-6H,15H2,1H3. The van der Waals surface area contributed by atoms with E-state index in [4.69, 9.17) is 22.1 Å². The lowest BCUT2D eigenvalue weighted by atomic mass is 10.2. The van der Waals surface area contributed by atoms with Crippen molar-refractivity contribution in [3.8, 4) is 11.6 Å². The molecule has 2 N–H and O–H groups in total. The van der Waals surface area contributed by atoms with E-state index in [0.29, 0.717) is 5.69 Å². The molecule has 0 fully saturated rings. The van der Waals surface area contributed by atoms with Gasteiger partial charge < -0.3 is 10.5 Å². The van der Waals surface area contributed by atoms with Crippen molar-refractivity contribution < 1.29 is 9.13 Å². The van der Waals surface area contributed by atoms with E-state index in [1.54, 1.807) is 18.2 Å². The van der Waals surface area contributed by atoms with Crippen molar-refractivity contribution in [2.24, 2.45) is 0 Å². The van der Waals surface area contributed by atoms with Gasteiger partial charge in [0.05, 0.1) is 5.69 Å². The van der Waals surface area contributed by atoms with Crippen molar-refractivity contribution in [1.29, 1.82) is 0 Å². The lowest BCUT2D eigenvalue weighted by Crippen LogP contribution is -1.96. The quantitative estimate of drug-likeness (QED) is 0.832. The fourth-order valence-electron chi connectivity index (χ4n) is 1.30. The predicted octanol–water partition coefficient (Wildman–Crippen LogP) is 3.56. The summed E-state index contributed by atoms with van der Waals surface area (Å²) in [6, 6.07) is 7.63. The lowest BCUT2D eigenvalue weighted by molar-refractivity contribution is 0.429. The number of benzene rings is 1. The molecule has 0 aliphatic heterocycles. The van der Waals surface area contributed by atoms with Gasteiger partial charge in [-0.15, -0.1) is 0 Å². The molecule has 0 amide bonds. The summed E-state index contributed by atoms with van der Waals surface area (Å²) in [5, 5.41) is 0.238. The zero-order valence-electron chi connectivity index (χ0n) is 9.08. The van der Waals surface area contributed by atoms with Crippen LogP contribution in [0.15, 0.2) is 30.3 Å². The number of hydrogen-bond donors (Lipinski definition) is 1. The number of nitrogens with two attached hydrogens (primary N) is 1. The van der Waals surface area contributed by atoms with E-state index in [1.807, 2.05) is 6.92 Å². The van der Waals surface area contributed by atoms with Gasteiger partial charge in [0, 0.05) is 0 Å². The van der Waals surface area contributed by atoms with E-state index >= 15 is 0 Å². The van der Waals surface area contributed by atoms with Crippen LogP contribution in [0.5, 0.6) is 11.6 Å². The van der Waals surface area contributed by atoms with Gasteiger partial charge >= 0.3 is 0 Å². The Balaban J connectivity index is 2.37. The van der Waals surface area contributed by atoms with Gasteiger partial charge in [-0.1, -0.05) is 17.7 Å². The van der Waals surface area contributed by atoms with Crippen LogP contribution in [0.25, 0.3) is 0 Å². The number of anilines is 1. The number of ether oxygens (including phenoxy) is 1. The highest BCUT2D eigenvalue weighted by Gasteiger charge is 2.09. The fraction of sp³-hybridized carbons (Fsp3) is 0.0833. The van der Waals surface area contributed by atoms with Crippen LogP contribution in [0.1, 0.15) is 5.56 Å². The second-order valence-electron chi connectivity index (χ2n) is 3.56. The molecule has 0 radical (unpaired) electrons. The van der Waals surface area contributed by atoms with Crippen LogP contribution >= 0.6 is 11.6 Å². The minimum absolute atomic E-state index is 0.0754. The Bertz CT molecular complexity index is 511. The molecule has 1 aromatic carbocycles. The SMILES string of the molecule is Cc1ccc(F)c(Oc2nc(Cl)ccc2N)c1. The molecule has 5 heteroatoms. The van der Waals surface area contributed by atoms with Crippen molar-refractivity contribution in [3.63, 3.8) is 0 Å². The van der Waals surface area contributed by atoms with E-state index in [-0.39, 0.29) is 16.8 Å². The van der Waals surface area contributed by atoms with Crippen LogP contribution in [-0.2, 0) is 0 Å². The third kappa shape index (κ3) is 2.65. The minimum Gasteiger partial charge on any atom is -0.434 e. The Labute approximate surface area is 103 Å². The van der Waals surface area contributed by atoms with Crippen LogP contribution in [0.2, 0.25) is 5.15 Å². The van der Waals surface area contributed by atoms with Crippen LogP contribution in [0.3, 0.4) is 0 Å². The molecule has 0 spiro atoms. The van der Waals surface area contributed by atoms with Gasteiger partial charge in [0.25, 0.3) is 0 Å². The molecular weight excluding hydrogens is 243 g/mol. The molecular formula is C12H10ClFN2O. The Morgan fingerprint density at radius 2 is 2.06 bits per heavy atom. The first-order valence-corrected chi connectivity index (χ1v) is 5.30. The summed E-state index contributed by atoms with van der Waals surface area (Å²) in [5.41, 5.74) is 6.83. The van der Waals surface area contributed by atoms with Gasteiger partial charge in [0.15, 0.2) is 11.6 Å². The molecule has 0 bridgehead atoms. The number of pyridine rings is 1. The van der Waals surface area contributed by atoms with Crippen LogP contribution in [-0.4, -0.2) is 4.98 Å². The second kappa shape index (κ2) is 4.59. The minimum atomic E-state index is -0.475. The lowest BCUT2D eigenvalue weighted by Gasteiger charge is -2.08.